The molecule has 0 aliphatic rings. The van der Waals surface area contributed by atoms with Crippen LogP contribution in [0.5, 0.6) is 0 Å². The molecule has 11 heteroatoms. The Morgan fingerprint density at radius 2 is 1.22 bits per heavy atom. The maximum atomic E-state index is 12.3. The van der Waals surface area contributed by atoms with Crippen molar-refractivity contribution in [3.8, 4) is 0 Å². The zero-order valence-corrected chi connectivity index (χ0v) is 22.0. The summed E-state index contributed by atoms with van der Waals surface area (Å²) in [5.41, 5.74) is 0. The van der Waals surface area contributed by atoms with Crippen LogP contribution in [0.3, 0.4) is 0 Å². The minimum Gasteiger partial charge on any atom is -0.463 e. The maximum Gasteiger partial charge on any atom is 0.471 e. The van der Waals surface area contributed by atoms with Gasteiger partial charge < -0.3 is 30.2 Å². The molecule has 0 unspecified atom stereocenters. The van der Waals surface area contributed by atoms with Crippen molar-refractivity contribution in [3.63, 3.8) is 0 Å². The molecule has 0 saturated carbocycles. The lowest BCUT2D eigenvalue weighted by Gasteiger charge is -2.27. The summed E-state index contributed by atoms with van der Waals surface area (Å²) in [5.74, 6) is -3.12. The number of hydrogen-bond donors (Lipinski definition) is 4. The minimum absolute atomic E-state index is 0.0994. The van der Waals surface area contributed by atoms with Crippen LogP contribution < -0.4 is 5.32 Å². The molecule has 218 valence electrons. The summed E-state index contributed by atoms with van der Waals surface area (Å²) in [6.07, 6.45) is 6.11. The molecular weight excluding hydrogens is 495 g/mol. The molecule has 1 amide bonds. The second kappa shape index (κ2) is 21.2. The van der Waals surface area contributed by atoms with Gasteiger partial charge >= 0.3 is 18.1 Å². The molecule has 0 saturated heterocycles. The van der Waals surface area contributed by atoms with Crippen molar-refractivity contribution < 1.29 is 47.6 Å². The average molecular weight is 542 g/mol. The fraction of sp³-hybridized carbons (Fsp3) is 0.885. The molecule has 4 N–H and O–H groups in total. The third-order valence-electron chi connectivity index (χ3n) is 6.21. The predicted molar refractivity (Wildman–Crippen MR) is 133 cm³/mol. The van der Waals surface area contributed by atoms with E-state index in [4.69, 9.17) is 4.74 Å². The summed E-state index contributed by atoms with van der Waals surface area (Å²) >= 11 is 0. The third-order valence-corrected chi connectivity index (χ3v) is 6.21. The summed E-state index contributed by atoms with van der Waals surface area (Å²) < 4.78 is 41.7. The first-order valence-corrected chi connectivity index (χ1v) is 13.6. The number of nitrogens with one attached hydrogen (secondary N) is 1. The number of ether oxygens (including phenoxy) is 1. The molecule has 0 radical (unpaired) electrons. The van der Waals surface area contributed by atoms with Gasteiger partial charge in [0.1, 0.15) is 37.2 Å². The number of alkyl halides is 3. The summed E-state index contributed by atoms with van der Waals surface area (Å²) in [7, 11) is 0. The molecule has 8 nitrogen and oxygen atoms in total. The van der Waals surface area contributed by atoms with Crippen molar-refractivity contribution in [3.05, 3.63) is 0 Å². The number of rotatable bonds is 23. The summed E-state index contributed by atoms with van der Waals surface area (Å²) in [4.78, 5) is 33.6. The maximum absolute atomic E-state index is 12.3. The number of halogens is 3. The Kier molecular flexibility index (Phi) is 20.3. The monoisotopic (exact) mass is 541 g/mol. The van der Waals surface area contributed by atoms with Gasteiger partial charge in [-0.25, -0.2) is 0 Å². The molecule has 0 aromatic carbocycles. The van der Waals surface area contributed by atoms with Gasteiger partial charge in [-0.3, -0.25) is 9.59 Å². The van der Waals surface area contributed by atoms with Gasteiger partial charge in [-0.1, -0.05) is 96.8 Å². The standard InChI is InChI=1S/C26H46F3NO7/c1-2-3-4-5-6-7-8-9-10-11-12-13-14-15-16-17-22(33)37-19-21(32)24(35)23(34)20(18-31)30-25(36)26(27,28)29/h18,20-21,23-24,32,34-35H,2-17,19H2,1H3,(H,30,36)/t20-,21+,23+,24+/m0/s1. The van der Waals surface area contributed by atoms with Gasteiger partial charge in [-0.05, 0) is 6.42 Å². The van der Waals surface area contributed by atoms with Gasteiger partial charge in [0, 0.05) is 6.42 Å². The van der Waals surface area contributed by atoms with Crippen LogP contribution >= 0.6 is 0 Å². The second-order valence-electron chi connectivity index (χ2n) is 9.56. The van der Waals surface area contributed by atoms with E-state index >= 15 is 0 Å². The Morgan fingerprint density at radius 3 is 1.62 bits per heavy atom. The number of aliphatic hydroxyl groups is 3. The lowest BCUT2D eigenvalue weighted by Crippen LogP contribution is -2.55. The number of unbranched alkanes of at least 4 members (excludes halogenated alkanes) is 14. The summed E-state index contributed by atoms with van der Waals surface area (Å²) in [6, 6.07) is -2.12. The van der Waals surface area contributed by atoms with E-state index in [9.17, 15) is 42.9 Å². The molecule has 0 bridgehead atoms. The average Bonchev–Trinajstić information content (AvgIpc) is 2.86. The van der Waals surface area contributed by atoms with Gasteiger partial charge in [0.05, 0.1) is 0 Å². The van der Waals surface area contributed by atoms with E-state index in [0.29, 0.717) is 6.42 Å². The van der Waals surface area contributed by atoms with E-state index in [-0.39, 0.29) is 12.7 Å². The summed E-state index contributed by atoms with van der Waals surface area (Å²) in [5, 5.41) is 30.7. The second-order valence-corrected chi connectivity index (χ2v) is 9.56. The quantitative estimate of drug-likeness (QED) is 0.0869. The lowest BCUT2D eigenvalue weighted by molar-refractivity contribution is -0.176. The highest BCUT2D eigenvalue weighted by Gasteiger charge is 2.42. The molecule has 0 heterocycles. The SMILES string of the molecule is CCCCCCCCCCCCCCCCCC(=O)OC[C@@H](O)[C@@H](O)[C@H](O)[C@H](C=O)NC(=O)C(F)(F)F. The first-order valence-electron chi connectivity index (χ1n) is 13.6. The van der Waals surface area contributed by atoms with E-state index in [0.717, 1.165) is 19.3 Å². The number of aliphatic hydroxyl groups excluding tert-OH is 3. The lowest BCUT2D eigenvalue weighted by atomic mass is 10.0. The highest BCUT2D eigenvalue weighted by atomic mass is 19.4. The van der Waals surface area contributed by atoms with Crippen LogP contribution in [0.2, 0.25) is 0 Å². The van der Waals surface area contributed by atoms with Crippen LogP contribution in [0.4, 0.5) is 13.2 Å². The van der Waals surface area contributed by atoms with E-state index in [1.54, 1.807) is 0 Å². The van der Waals surface area contributed by atoms with Gasteiger partial charge in [0.15, 0.2) is 0 Å². The Hall–Kier alpha value is -1.72. The van der Waals surface area contributed by atoms with Gasteiger partial charge in [-0.15, -0.1) is 0 Å². The number of esters is 1. The number of carbonyl (C=O) groups is 3. The normalized spacial score (nSPS) is 15.0. The summed E-state index contributed by atoms with van der Waals surface area (Å²) in [6.45, 7) is 1.50. The number of aldehydes is 1. The fourth-order valence-electron chi connectivity index (χ4n) is 3.86. The van der Waals surface area contributed by atoms with Crippen LogP contribution in [-0.4, -0.2) is 70.6 Å². The van der Waals surface area contributed by atoms with Crippen molar-refractivity contribution in [2.24, 2.45) is 0 Å². The van der Waals surface area contributed by atoms with E-state index in [1.807, 2.05) is 0 Å². The predicted octanol–water partition coefficient (Wildman–Crippen LogP) is 4.12. The largest absolute Gasteiger partial charge is 0.471 e. The van der Waals surface area contributed by atoms with Crippen LogP contribution in [0, 0.1) is 0 Å². The van der Waals surface area contributed by atoms with E-state index < -0.39 is 49.0 Å². The number of hydrogen-bond acceptors (Lipinski definition) is 7. The Bertz CT molecular complexity index is 619. The zero-order chi connectivity index (χ0) is 28.1. The van der Waals surface area contributed by atoms with Crippen molar-refractivity contribution >= 4 is 18.2 Å². The molecule has 0 spiro atoms. The molecular formula is C26H46F3NO7. The first-order chi connectivity index (χ1) is 17.5. The van der Waals surface area contributed by atoms with E-state index in [2.05, 4.69) is 6.92 Å². The third kappa shape index (κ3) is 18.2. The zero-order valence-electron chi connectivity index (χ0n) is 22.0. The van der Waals surface area contributed by atoms with Crippen molar-refractivity contribution in [2.75, 3.05) is 6.61 Å². The minimum atomic E-state index is -5.30. The highest BCUT2D eigenvalue weighted by Crippen LogP contribution is 2.16. The van der Waals surface area contributed by atoms with Crippen molar-refractivity contribution in [2.45, 2.75) is 140 Å². The smallest absolute Gasteiger partial charge is 0.463 e. The molecule has 0 aliphatic carbocycles. The van der Waals surface area contributed by atoms with Crippen LogP contribution in [0.15, 0.2) is 0 Å². The highest BCUT2D eigenvalue weighted by molar-refractivity contribution is 5.84. The molecule has 4 atom stereocenters. The van der Waals surface area contributed by atoms with Crippen LogP contribution in [0.1, 0.15) is 110 Å². The molecule has 0 aromatic rings. The van der Waals surface area contributed by atoms with Crippen molar-refractivity contribution in [1.29, 1.82) is 0 Å². The van der Waals surface area contributed by atoms with Gasteiger partial charge in [0.25, 0.3) is 0 Å². The number of carbonyl (C=O) groups excluding carboxylic acids is 3. The van der Waals surface area contributed by atoms with E-state index in [1.165, 1.54) is 75.9 Å². The van der Waals surface area contributed by atoms with Crippen molar-refractivity contribution in [1.82, 2.24) is 5.32 Å². The molecule has 0 rings (SSSR count). The Morgan fingerprint density at radius 1 is 0.784 bits per heavy atom. The van der Waals surface area contributed by atoms with Gasteiger partial charge in [0.2, 0.25) is 0 Å². The van der Waals surface area contributed by atoms with Crippen LogP contribution in [0.25, 0.3) is 0 Å². The van der Waals surface area contributed by atoms with Crippen LogP contribution in [-0.2, 0) is 19.1 Å². The topological polar surface area (TPSA) is 133 Å². The van der Waals surface area contributed by atoms with Gasteiger partial charge in [-0.2, -0.15) is 13.2 Å². The molecule has 0 aliphatic heterocycles. The number of amides is 1. The molecule has 0 aromatic heterocycles. The molecule has 0 fully saturated rings. The first kappa shape index (κ1) is 35.3. The fourth-order valence-corrected chi connectivity index (χ4v) is 3.86. The molecule has 37 heavy (non-hydrogen) atoms. The Labute approximate surface area is 218 Å². The Balaban J connectivity index is 3.85.